The van der Waals surface area contributed by atoms with Crippen LogP contribution in [0.25, 0.3) is 0 Å². The van der Waals surface area contributed by atoms with Gasteiger partial charge < -0.3 is 24.9 Å². The number of nitrogens with zero attached hydrogens (tertiary/aromatic N) is 2. The second-order valence-electron chi connectivity index (χ2n) is 7.49. The zero-order chi connectivity index (χ0) is 19.8. The number of piperazine rings is 1. The second kappa shape index (κ2) is 10.1. The molecule has 1 saturated carbocycles. The van der Waals surface area contributed by atoms with E-state index in [0.717, 1.165) is 12.8 Å². The van der Waals surface area contributed by atoms with Gasteiger partial charge in [0.1, 0.15) is 0 Å². The third-order valence-corrected chi connectivity index (χ3v) is 5.44. The molecule has 154 valence electrons. The molecule has 1 aromatic heterocycles. The van der Waals surface area contributed by atoms with Crippen LogP contribution < -0.4 is 10.6 Å². The van der Waals surface area contributed by atoms with Crippen molar-refractivity contribution >= 4 is 17.8 Å². The summed E-state index contributed by atoms with van der Waals surface area (Å²) in [5.74, 6) is 0.266. The quantitative estimate of drug-likeness (QED) is 0.726. The molecule has 2 heterocycles. The Morgan fingerprint density at radius 2 is 1.75 bits per heavy atom. The first kappa shape index (κ1) is 20.2. The van der Waals surface area contributed by atoms with Crippen LogP contribution in [0.3, 0.4) is 0 Å². The summed E-state index contributed by atoms with van der Waals surface area (Å²) in [6.07, 6.45) is 8.22. The smallest absolute Gasteiger partial charge is 0.315 e. The van der Waals surface area contributed by atoms with Gasteiger partial charge in [-0.2, -0.15) is 0 Å². The van der Waals surface area contributed by atoms with Crippen LogP contribution in [0.2, 0.25) is 0 Å². The average Bonchev–Trinajstić information content (AvgIpc) is 3.26. The Kier molecular flexibility index (Phi) is 7.33. The van der Waals surface area contributed by atoms with E-state index in [9.17, 15) is 14.4 Å². The van der Waals surface area contributed by atoms with Crippen LogP contribution in [0.4, 0.5) is 4.79 Å². The van der Waals surface area contributed by atoms with E-state index in [1.165, 1.54) is 25.5 Å². The van der Waals surface area contributed by atoms with Crippen molar-refractivity contribution in [3.8, 4) is 0 Å². The number of rotatable bonds is 6. The molecule has 1 saturated heterocycles. The number of amides is 4. The first-order chi connectivity index (χ1) is 13.6. The standard InChI is InChI=1S/C20H30N4O4/c25-18(9-4-10-21-20(27)22-16-6-2-1-3-7-16)23-11-13-24(14-12-23)19(26)17-8-5-15-28-17/h5,8,15-16H,1-4,6-7,9-14H2,(H2,21,22,27). The number of carbonyl (C=O) groups excluding carboxylic acids is 3. The molecule has 2 N–H and O–H groups in total. The third-order valence-electron chi connectivity index (χ3n) is 5.44. The predicted molar refractivity (Wildman–Crippen MR) is 104 cm³/mol. The van der Waals surface area contributed by atoms with E-state index >= 15 is 0 Å². The first-order valence-electron chi connectivity index (χ1n) is 10.3. The van der Waals surface area contributed by atoms with Crippen LogP contribution in [0.1, 0.15) is 55.5 Å². The van der Waals surface area contributed by atoms with Crippen molar-refractivity contribution in [2.45, 2.75) is 51.0 Å². The highest BCUT2D eigenvalue weighted by Gasteiger charge is 2.25. The molecule has 1 aromatic rings. The molecular formula is C20H30N4O4. The second-order valence-corrected chi connectivity index (χ2v) is 7.49. The minimum absolute atomic E-state index is 0.0691. The Labute approximate surface area is 165 Å². The maximum atomic E-state index is 12.3. The van der Waals surface area contributed by atoms with Crippen molar-refractivity contribution in [1.82, 2.24) is 20.4 Å². The number of hydrogen-bond acceptors (Lipinski definition) is 4. The fourth-order valence-corrected chi connectivity index (χ4v) is 3.80. The predicted octanol–water partition coefficient (Wildman–Crippen LogP) is 1.98. The minimum Gasteiger partial charge on any atom is -0.459 e. The van der Waals surface area contributed by atoms with Crippen LogP contribution in [-0.4, -0.2) is 66.4 Å². The maximum Gasteiger partial charge on any atom is 0.315 e. The molecule has 0 spiro atoms. The highest BCUT2D eigenvalue weighted by molar-refractivity contribution is 5.91. The normalized spacial score (nSPS) is 18.0. The Morgan fingerprint density at radius 3 is 2.43 bits per heavy atom. The van der Waals surface area contributed by atoms with Gasteiger partial charge in [-0.1, -0.05) is 19.3 Å². The fourth-order valence-electron chi connectivity index (χ4n) is 3.80. The van der Waals surface area contributed by atoms with Gasteiger partial charge in [-0.05, 0) is 31.4 Å². The van der Waals surface area contributed by atoms with Gasteiger partial charge in [-0.3, -0.25) is 9.59 Å². The topological polar surface area (TPSA) is 94.9 Å². The molecule has 0 unspecified atom stereocenters. The first-order valence-corrected chi connectivity index (χ1v) is 10.3. The molecule has 3 rings (SSSR count). The van der Waals surface area contributed by atoms with Crippen LogP contribution in [0, 0.1) is 0 Å². The van der Waals surface area contributed by atoms with Crippen molar-refractivity contribution in [1.29, 1.82) is 0 Å². The molecule has 2 aliphatic rings. The molecule has 0 atom stereocenters. The maximum absolute atomic E-state index is 12.3. The zero-order valence-corrected chi connectivity index (χ0v) is 16.3. The summed E-state index contributed by atoms with van der Waals surface area (Å²) in [6.45, 7) is 2.56. The molecule has 4 amide bonds. The zero-order valence-electron chi connectivity index (χ0n) is 16.3. The number of hydrogen-bond donors (Lipinski definition) is 2. The summed E-state index contributed by atoms with van der Waals surface area (Å²) in [7, 11) is 0. The summed E-state index contributed by atoms with van der Waals surface area (Å²) in [6, 6.07) is 3.49. The van der Waals surface area contributed by atoms with E-state index in [0.29, 0.717) is 51.3 Å². The Balaban J connectivity index is 1.28. The van der Waals surface area contributed by atoms with Crippen molar-refractivity contribution in [3.05, 3.63) is 24.2 Å². The fraction of sp³-hybridized carbons (Fsp3) is 0.650. The van der Waals surface area contributed by atoms with Gasteiger partial charge in [0.15, 0.2) is 5.76 Å². The molecule has 2 fully saturated rings. The van der Waals surface area contributed by atoms with Gasteiger partial charge in [0.05, 0.1) is 6.26 Å². The third kappa shape index (κ3) is 5.74. The molecule has 8 nitrogen and oxygen atoms in total. The van der Waals surface area contributed by atoms with E-state index in [-0.39, 0.29) is 23.9 Å². The van der Waals surface area contributed by atoms with Crippen LogP contribution in [0.5, 0.6) is 0 Å². The largest absolute Gasteiger partial charge is 0.459 e. The van der Waals surface area contributed by atoms with Gasteiger partial charge in [0, 0.05) is 45.2 Å². The lowest BCUT2D eigenvalue weighted by atomic mass is 9.96. The molecule has 0 radical (unpaired) electrons. The molecule has 8 heteroatoms. The van der Waals surface area contributed by atoms with Gasteiger partial charge in [-0.15, -0.1) is 0 Å². The lowest BCUT2D eigenvalue weighted by Crippen LogP contribution is -2.50. The lowest BCUT2D eigenvalue weighted by Gasteiger charge is -2.34. The Hall–Kier alpha value is -2.51. The summed E-state index contributed by atoms with van der Waals surface area (Å²) in [4.78, 5) is 40.0. The van der Waals surface area contributed by atoms with Crippen LogP contribution in [0.15, 0.2) is 22.8 Å². The highest BCUT2D eigenvalue weighted by atomic mass is 16.3. The number of nitrogens with one attached hydrogen (secondary N) is 2. The van der Waals surface area contributed by atoms with Gasteiger partial charge in [-0.25, -0.2) is 4.79 Å². The monoisotopic (exact) mass is 390 g/mol. The summed E-state index contributed by atoms with van der Waals surface area (Å²) < 4.78 is 5.14. The van der Waals surface area contributed by atoms with E-state index < -0.39 is 0 Å². The molecule has 1 aliphatic carbocycles. The average molecular weight is 390 g/mol. The molecule has 1 aliphatic heterocycles. The molecule has 0 bridgehead atoms. The van der Waals surface area contributed by atoms with Crippen molar-refractivity contribution in [2.24, 2.45) is 0 Å². The van der Waals surface area contributed by atoms with Crippen molar-refractivity contribution in [3.63, 3.8) is 0 Å². The van der Waals surface area contributed by atoms with Crippen LogP contribution >= 0.6 is 0 Å². The van der Waals surface area contributed by atoms with Crippen LogP contribution in [-0.2, 0) is 4.79 Å². The SMILES string of the molecule is O=C(NCCCC(=O)N1CCN(C(=O)c2ccco2)CC1)NC1CCCCC1. The minimum atomic E-state index is -0.135. The van der Waals surface area contributed by atoms with Crippen molar-refractivity contribution < 1.29 is 18.8 Å². The molecule has 0 aromatic carbocycles. The van der Waals surface area contributed by atoms with Gasteiger partial charge in [0.25, 0.3) is 5.91 Å². The Morgan fingerprint density at radius 1 is 1.04 bits per heavy atom. The number of urea groups is 1. The lowest BCUT2D eigenvalue weighted by molar-refractivity contribution is -0.132. The Bertz CT molecular complexity index is 647. The highest BCUT2D eigenvalue weighted by Crippen LogP contribution is 2.17. The number of carbonyl (C=O) groups is 3. The van der Waals surface area contributed by atoms with E-state index in [1.54, 1.807) is 21.9 Å². The summed E-state index contributed by atoms with van der Waals surface area (Å²) in [5, 5.41) is 5.85. The van der Waals surface area contributed by atoms with E-state index in [4.69, 9.17) is 4.42 Å². The van der Waals surface area contributed by atoms with Crippen molar-refractivity contribution in [2.75, 3.05) is 32.7 Å². The number of furan rings is 1. The molecule has 28 heavy (non-hydrogen) atoms. The van der Waals surface area contributed by atoms with E-state index in [1.807, 2.05) is 0 Å². The molecular weight excluding hydrogens is 360 g/mol. The van der Waals surface area contributed by atoms with E-state index in [2.05, 4.69) is 10.6 Å². The summed E-state index contributed by atoms with van der Waals surface area (Å²) in [5.41, 5.74) is 0. The van der Waals surface area contributed by atoms with Gasteiger partial charge in [0.2, 0.25) is 5.91 Å². The summed E-state index contributed by atoms with van der Waals surface area (Å²) >= 11 is 0. The van der Waals surface area contributed by atoms with Gasteiger partial charge >= 0.3 is 6.03 Å².